The highest BCUT2D eigenvalue weighted by atomic mass is 15.1. The molecule has 1 aromatic heterocycles. The Morgan fingerprint density at radius 1 is 0.289 bits per heavy atom. The van der Waals surface area contributed by atoms with Crippen molar-refractivity contribution in [2.24, 2.45) is 0 Å². The normalized spacial score (nSPS) is 13.3. The molecule has 13 aromatic carbocycles. The van der Waals surface area contributed by atoms with Crippen LogP contribution in [0, 0.1) is 6.92 Å². The Hall–Kier alpha value is -9.50. The molecular weight excluding hydrogens is 917 g/mol. The number of para-hydroxylation sites is 1. The van der Waals surface area contributed by atoms with Gasteiger partial charge in [-0.2, -0.15) is 0 Å². The maximum atomic E-state index is 3.74. The minimum absolute atomic E-state index is 0.467. The topological polar surface area (TPSA) is 19.0 Å². The van der Waals surface area contributed by atoms with Crippen LogP contribution in [0.5, 0.6) is 0 Å². The second-order valence-electron chi connectivity index (χ2n) is 20.8. The molecule has 14 rings (SSSR count). The molecular formula is C74H54N2. The summed E-state index contributed by atoms with van der Waals surface area (Å²) < 4.78 is 0. The van der Waals surface area contributed by atoms with Gasteiger partial charge in [-0.1, -0.05) is 218 Å². The van der Waals surface area contributed by atoms with Gasteiger partial charge in [-0.3, -0.25) is 0 Å². The lowest BCUT2D eigenvalue weighted by molar-refractivity contribution is 0.700. The van der Waals surface area contributed by atoms with E-state index in [-0.39, 0.29) is 0 Å². The van der Waals surface area contributed by atoms with Gasteiger partial charge in [-0.25, -0.2) is 0 Å². The van der Waals surface area contributed by atoms with E-state index in [1.54, 1.807) is 0 Å². The first-order valence-corrected chi connectivity index (χ1v) is 26.5. The molecule has 0 aliphatic heterocycles. The van der Waals surface area contributed by atoms with Gasteiger partial charge in [0.1, 0.15) is 0 Å². The fourth-order valence-corrected chi connectivity index (χ4v) is 12.7. The first kappa shape index (κ1) is 45.1. The highest BCUT2D eigenvalue weighted by Crippen LogP contribution is 2.51. The molecule has 76 heavy (non-hydrogen) atoms. The van der Waals surface area contributed by atoms with E-state index in [9.17, 15) is 0 Å². The number of aryl methyl sites for hydroxylation is 1. The van der Waals surface area contributed by atoms with Crippen molar-refractivity contribution in [1.29, 1.82) is 0 Å². The minimum atomic E-state index is -0.737. The summed E-state index contributed by atoms with van der Waals surface area (Å²) in [5.74, 6) is 0. The van der Waals surface area contributed by atoms with Crippen LogP contribution in [-0.4, -0.2) is 4.98 Å². The predicted octanol–water partition coefficient (Wildman–Crippen LogP) is 19.4. The lowest BCUT2D eigenvalue weighted by atomic mass is 9.63. The second-order valence-corrected chi connectivity index (χ2v) is 20.8. The maximum absolute atomic E-state index is 3.74. The Labute approximate surface area is 443 Å². The minimum Gasteiger partial charge on any atom is -0.355 e. The number of fused-ring (bicyclic) bond motifs is 7. The third kappa shape index (κ3) is 7.32. The van der Waals surface area contributed by atoms with Crippen LogP contribution in [0.4, 0.5) is 17.1 Å². The van der Waals surface area contributed by atoms with Crippen molar-refractivity contribution in [3.63, 3.8) is 0 Å². The van der Waals surface area contributed by atoms with Crippen molar-refractivity contribution in [2.45, 2.75) is 24.7 Å². The zero-order valence-electron chi connectivity index (χ0n) is 42.6. The molecule has 2 nitrogen and oxygen atoms in total. The molecule has 0 amide bonds. The molecule has 2 unspecified atom stereocenters. The number of aromatic nitrogens is 1. The third-order valence-electron chi connectivity index (χ3n) is 16.5. The average Bonchev–Trinajstić information content (AvgIpc) is 3.89. The summed E-state index contributed by atoms with van der Waals surface area (Å²) >= 11 is 0. The number of hydrogen-bond acceptors (Lipinski definition) is 1. The molecule has 2 heteroatoms. The number of rotatable bonds is 10. The monoisotopic (exact) mass is 970 g/mol. The number of nitrogens with one attached hydrogen (secondary N) is 1. The van der Waals surface area contributed by atoms with E-state index in [4.69, 9.17) is 0 Å². The second kappa shape index (κ2) is 18.2. The van der Waals surface area contributed by atoms with E-state index in [2.05, 4.69) is 309 Å². The Balaban J connectivity index is 0.966. The molecule has 1 N–H and O–H groups in total. The molecule has 360 valence electrons. The number of aromatic amines is 1. The van der Waals surface area contributed by atoms with Gasteiger partial charge in [0, 0.05) is 44.3 Å². The number of anilines is 3. The molecule has 0 saturated carbocycles. The Kier molecular flexibility index (Phi) is 10.8. The number of nitrogens with zero attached hydrogens (tertiary/aromatic N) is 1. The van der Waals surface area contributed by atoms with Gasteiger partial charge in [0.05, 0.1) is 5.41 Å². The van der Waals surface area contributed by atoms with Gasteiger partial charge < -0.3 is 9.88 Å². The van der Waals surface area contributed by atoms with E-state index in [1.807, 2.05) is 0 Å². The highest BCUT2D eigenvalue weighted by molar-refractivity contribution is 6.08. The van der Waals surface area contributed by atoms with Crippen molar-refractivity contribution < 1.29 is 0 Å². The van der Waals surface area contributed by atoms with Crippen LogP contribution in [0.1, 0.15) is 51.4 Å². The van der Waals surface area contributed by atoms with Gasteiger partial charge in [-0.05, 0) is 169 Å². The summed E-state index contributed by atoms with van der Waals surface area (Å²) in [7, 11) is 0. The van der Waals surface area contributed by atoms with E-state index in [1.165, 1.54) is 98.4 Å². The molecule has 0 aliphatic carbocycles. The SMILES string of the molecule is Cc1ccc2[nH]c3ccc(C(c4ccc(N(c5ccccc5)c5ccc(C(C)(c6ccc7ccccc7c6)c6cccc7ccccc67)cc5)cc4)(c4ccc5ccccc5c4)c4cccc5ccccc45)cc3c2c1. The Bertz CT molecular complexity index is 4480. The highest BCUT2D eigenvalue weighted by Gasteiger charge is 2.41. The molecule has 0 aliphatic rings. The fraction of sp³-hybridized carbons (Fsp3) is 0.0541. The largest absolute Gasteiger partial charge is 0.355 e. The Morgan fingerprint density at radius 2 is 0.724 bits per heavy atom. The maximum Gasteiger partial charge on any atom is 0.0708 e. The van der Waals surface area contributed by atoms with E-state index in [0.717, 1.165) is 28.1 Å². The van der Waals surface area contributed by atoms with Crippen LogP contribution >= 0.6 is 0 Å². The zero-order valence-corrected chi connectivity index (χ0v) is 42.6. The molecule has 0 bridgehead atoms. The van der Waals surface area contributed by atoms with Crippen LogP contribution < -0.4 is 4.90 Å². The van der Waals surface area contributed by atoms with Crippen molar-refractivity contribution in [2.75, 3.05) is 4.90 Å². The first-order chi connectivity index (χ1) is 37.4. The molecule has 0 fully saturated rings. The summed E-state index contributed by atoms with van der Waals surface area (Å²) in [6.07, 6.45) is 0. The summed E-state index contributed by atoms with van der Waals surface area (Å²) in [5.41, 5.74) is 14.1. The van der Waals surface area contributed by atoms with E-state index >= 15 is 0 Å². The van der Waals surface area contributed by atoms with Gasteiger partial charge in [0.15, 0.2) is 0 Å². The van der Waals surface area contributed by atoms with Gasteiger partial charge in [-0.15, -0.1) is 0 Å². The fourth-order valence-electron chi connectivity index (χ4n) is 12.7. The smallest absolute Gasteiger partial charge is 0.0708 e. The molecule has 2 atom stereocenters. The lowest BCUT2D eigenvalue weighted by Crippen LogP contribution is -2.31. The number of hydrogen-bond donors (Lipinski definition) is 1. The number of benzene rings is 13. The third-order valence-corrected chi connectivity index (χ3v) is 16.5. The van der Waals surface area contributed by atoms with Crippen LogP contribution in [0.15, 0.2) is 285 Å². The predicted molar refractivity (Wildman–Crippen MR) is 322 cm³/mol. The van der Waals surface area contributed by atoms with Crippen LogP contribution in [0.25, 0.3) is 64.9 Å². The molecule has 0 radical (unpaired) electrons. The lowest BCUT2D eigenvalue weighted by Gasteiger charge is -2.38. The summed E-state index contributed by atoms with van der Waals surface area (Å²) in [5, 5.41) is 12.3. The van der Waals surface area contributed by atoms with Crippen LogP contribution in [-0.2, 0) is 10.8 Å². The molecule has 0 saturated heterocycles. The van der Waals surface area contributed by atoms with Crippen molar-refractivity contribution >= 4 is 82.0 Å². The van der Waals surface area contributed by atoms with E-state index in [0.29, 0.717) is 0 Å². The van der Waals surface area contributed by atoms with Crippen molar-refractivity contribution in [3.8, 4) is 0 Å². The van der Waals surface area contributed by atoms with Crippen LogP contribution in [0.3, 0.4) is 0 Å². The summed E-state index contributed by atoms with van der Waals surface area (Å²) in [6.45, 7) is 4.58. The van der Waals surface area contributed by atoms with Crippen molar-refractivity contribution in [3.05, 3.63) is 330 Å². The first-order valence-electron chi connectivity index (χ1n) is 26.5. The average molecular weight is 971 g/mol. The van der Waals surface area contributed by atoms with Gasteiger partial charge >= 0.3 is 0 Å². The summed E-state index contributed by atoms with van der Waals surface area (Å²) in [6, 6.07) is 106. The molecule has 0 spiro atoms. The quantitative estimate of drug-likeness (QED) is 0.135. The van der Waals surface area contributed by atoms with Crippen molar-refractivity contribution in [1.82, 2.24) is 4.98 Å². The number of H-pyrrole nitrogens is 1. The van der Waals surface area contributed by atoms with Crippen LogP contribution in [0.2, 0.25) is 0 Å². The molecule has 14 aromatic rings. The zero-order chi connectivity index (χ0) is 50.8. The summed E-state index contributed by atoms with van der Waals surface area (Å²) in [4.78, 5) is 6.14. The standard InChI is InChI=1S/C74H54N2/c1-50-30-44-71-67(46-50)68-49-61(39-45-72(68)75-71)74(60-34-32-52-17-7-9-21-56(52)48-60,70-29-15-23-54-19-11-13-27-66(54)70)58-37-42-64(43-38-58)76(62-24-4-3-5-25-62)63-40-35-57(36-41-63)73(2,59-33-31-51-16-6-8-20-55(51)47-59)69-28-14-22-53-18-10-12-26-65(53)69/h3-49,75H,1-2H3. The van der Waals surface area contributed by atoms with Gasteiger partial charge in [0.2, 0.25) is 0 Å². The molecule has 1 heterocycles. The van der Waals surface area contributed by atoms with E-state index < -0.39 is 10.8 Å². The van der Waals surface area contributed by atoms with Gasteiger partial charge in [0.25, 0.3) is 0 Å². The Morgan fingerprint density at radius 3 is 1.37 bits per heavy atom.